The van der Waals surface area contributed by atoms with Gasteiger partial charge in [-0.25, -0.2) is 13.6 Å². The van der Waals surface area contributed by atoms with E-state index in [4.69, 9.17) is 5.11 Å². The standard InChI is InChI=1S/C14H12F2N2O2/c1-7-3-4-12(8(2)17-7)18-13-10(15)5-9(14(19)20)6-11(13)16/h3-6,18H,1-2H3,(H,19,20). The molecule has 0 saturated carbocycles. The maximum absolute atomic E-state index is 13.8. The lowest BCUT2D eigenvalue weighted by molar-refractivity contribution is 0.0696. The molecule has 0 amide bonds. The number of benzene rings is 1. The molecule has 1 heterocycles. The molecule has 0 spiro atoms. The number of carboxylic acids is 1. The Morgan fingerprint density at radius 2 is 1.80 bits per heavy atom. The summed E-state index contributed by atoms with van der Waals surface area (Å²) < 4.78 is 27.6. The highest BCUT2D eigenvalue weighted by molar-refractivity contribution is 5.88. The van der Waals surface area contributed by atoms with E-state index < -0.39 is 28.9 Å². The van der Waals surface area contributed by atoms with Crippen LogP contribution in [0.5, 0.6) is 0 Å². The Labute approximate surface area is 114 Å². The van der Waals surface area contributed by atoms with E-state index in [1.807, 2.05) is 0 Å². The monoisotopic (exact) mass is 278 g/mol. The third kappa shape index (κ3) is 2.74. The number of nitrogens with one attached hydrogen (secondary N) is 1. The van der Waals surface area contributed by atoms with Crippen LogP contribution in [0.15, 0.2) is 24.3 Å². The first-order valence-electron chi connectivity index (χ1n) is 5.82. The zero-order valence-corrected chi connectivity index (χ0v) is 10.9. The van der Waals surface area contributed by atoms with E-state index in [-0.39, 0.29) is 0 Å². The fraction of sp³-hybridized carbons (Fsp3) is 0.143. The van der Waals surface area contributed by atoms with Crippen LogP contribution >= 0.6 is 0 Å². The third-order valence-electron chi connectivity index (χ3n) is 2.77. The molecule has 0 fully saturated rings. The highest BCUT2D eigenvalue weighted by atomic mass is 19.1. The van der Waals surface area contributed by atoms with Crippen molar-refractivity contribution >= 4 is 17.3 Å². The molecule has 0 radical (unpaired) electrons. The van der Waals surface area contributed by atoms with Gasteiger partial charge in [-0.2, -0.15) is 0 Å². The largest absolute Gasteiger partial charge is 0.478 e. The molecule has 6 heteroatoms. The van der Waals surface area contributed by atoms with Crippen LogP contribution in [0, 0.1) is 25.5 Å². The van der Waals surface area contributed by atoms with Crippen molar-refractivity contribution in [2.45, 2.75) is 13.8 Å². The second kappa shape index (κ2) is 5.24. The van der Waals surface area contributed by atoms with Gasteiger partial charge in [-0.05, 0) is 38.1 Å². The number of hydrogen-bond acceptors (Lipinski definition) is 3. The Morgan fingerprint density at radius 3 is 2.30 bits per heavy atom. The van der Waals surface area contributed by atoms with E-state index in [1.165, 1.54) is 0 Å². The molecule has 104 valence electrons. The van der Waals surface area contributed by atoms with Crippen molar-refractivity contribution in [2.24, 2.45) is 0 Å². The van der Waals surface area contributed by atoms with E-state index >= 15 is 0 Å². The van der Waals surface area contributed by atoms with Crippen LogP contribution in [0.2, 0.25) is 0 Å². The van der Waals surface area contributed by atoms with Gasteiger partial charge in [-0.3, -0.25) is 4.98 Å². The number of halogens is 2. The second-order valence-electron chi connectivity index (χ2n) is 4.33. The normalized spacial score (nSPS) is 10.4. The lowest BCUT2D eigenvalue weighted by Gasteiger charge is -2.11. The lowest BCUT2D eigenvalue weighted by Crippen LogP contribution is -2.04. The predicted molar refractivity (Wildman–Crippen MR) is 70.3 cm³/mol. The van der Waals surface area contributed by atoms with Crippen molar-refractivity contribution in [3.05, 3.63) is 52.9 Å². The number of carbonyl (C=O) groups is 1. The molecule has 0 saturated heterocycles. The van der Waals surface area contributed by atoms with Crippen molar-refractivity contribution in [1.29, 1.82) is 0 Å². The van der Waals surface area contributed by atoms with E-state index in [9.17, 15) is 13.6 Å². The molecule has 20 heavy (non-hydrogen) atoms. The summed E-state index contributed by atoms with van der Waals surface area (Å²) in [4.78, 5) is 14.9. The number of nitrogens with zero attached hydrogens (tertiary/aromatic N) is 1. The van der Waals surface area contributed by atoms with Gasteiger partial charge in [-0.15, -0.1) is 0 Å². The van der Waals surface area contributed by atoms with Gasteiger partial charge in [0, 0.05) is 5.69 Å². The number of rotatable bonds is 3. The Balaban J connectivity index is 2.41. The molecule has 2 rings (SSSR count). The van der Waals surface area contributed by atoms with E-state index in [0.29, 0.717) is 11.4 Å². The van der Waals surface area contributed by atoms with E-state index in [2.05, 4.69) is 10.3 Å². The molecule has 0 aliphatic heterocycles. The van der Waals surface area contributed by atoms with Gasteiger partial charge in [0.2, 0.25) is 0 Å². The molecular weight excluding hydrogens is 266 g/mol. The summed E-state index contributed by atoms with van der Waals surface area (Å²) in [6.45, 7) is 3.51. The van der Waals surface area contributed by atoms with Crippen molar-refractivity contribution < 1.29 is 18.7 Å². The summed E-state index contributed by atoms with van der Waals surface area (Å²) in [6, 6.07) is 4.90. The summed E-state index contributed by atoms with van der Waals surface area (Å²) in [5.74, 6) is -3.33. The molecule has 0 unspecified atom stereocenters. The average molecular weight is 278 g/mol. The Kier molecular flexibility index (Phi) is 3.65. The number of aromatic nitrogens is 1. The van der Waals surface area contributed by atoms with Crippen molar-refractivity contribution in [3.8, 4) is 0 Å². The van der Waals surface area contributed by atoms with E-state index in [1.54, 1.807) is 26.0 Å². The maximum Gasteiger partial charge on any atom is 0.335 e. The number of hydrogen-bond donors (Lipinski definition) is 2. The molecule has 2 aromatic rings. The summed E-state index contributed by atoms with van der Waals surface area (Å²) >= 11 is 0. The SMILES string of the molecule is Cc1ccc(Nc2c(F)cc(C(=O)O)cc2F)c(C)n1. The van der Waals surface area contributed by atoms with Gasteiger partial charge in [0.1, 0.15) is 5.69 Å². The summed E-state index contributed by atoms with van der Waals surface area (Å²) in [6.07, 6.45) is 0. The van der Waals surface area contributed by atoms with Gasteiger partial charge in [0.15, 0.2) is 11.6 Å². The summed E-state index contributed by atoms with van der Waals surface area (Å²) in [5.41, 5.74) is 0.992. The number of aromatic carboxylic acids is 1. The lowest BCUT2D eigenvalue weighted by atomic mass is 10.1. The average Bonchev–Trinajstić information content (AvgIpc) is 2.35. The van der Waals surface area contributed by atoms with Crippen LogP contribution in [-0.4, -0.2) is 16.1 Å². The number of anilines is 2. The fourth-order valence-electron chi connectivity index (χ4n) is 1.77. The molecule has 0 aliphatic rings. The van der Waals surface area contributed by atoms with Crippen LogP contribution < -0.4 is 5.32 Å². The smallest absolute Gasteiger partial charge is 0.335 e. The highest BCUT2D eigenvalue weighted by Gasteiger charge is 2.15. The Bertz CT molecular complexity index is 664. The van der Waals surface area contributed by atoms with Crippen LogP contribution in [-0.2, 0) is 0 Å². The molecule has 0 atom stereocenters. The number of carboxylic acid groups (broad SMARTS) is 1. The third-order valence-corrected chi connectivity index (χ3v) is 2.77. The maximum atomic E-state index is 13.8. The molecule has 1 aromatic carbocycles. The summed E-state index contributed by atoms with van der Waals surface area (Å²) in [7, 11) is 0. The predicted octanol–water partition coefficient (Wildman–Crippen LogP) is 3.42. The zero-order valence-electron chi connectivity index (χ0n) is 10.9. The molecule has 2 N–H and O–H groups in total. The van der Waals surface area contributed by atoms with Crippen molar-refractivity contribution in [2.75, 3.05) is 5.32 Å². The van der Waals surface area contributed by atoms with Crippen molar-refractivity contribution in [3.63, 3.8) is 0 Å². The quantitative estimate of drug-likeness (QED) is 0.903. The van der Waals surface area contributed by atoms with Gasteiger partial charge >= 0.3 is 5.97 Å². The molecule has 0 bridgehead atoms. The topological polar surface area (TPSA) is 62.2 Å². The Morgan fingerprint density at radius 1 is 1.20 bits per heavy atom. The van der Waals surface area contributed by atoms with Crippen LogP contribution in [0.4, 0.5) is 20.2 Å². The number of pyridine rings is 1. The first-order valence-corrected chi connectivity index (χ1v) is 5.82. The Hall–Kier alpha value is -2.50. The first kappa shape index (κ1) is 13.9. The van der Waals surface area contributed by atoms with Crippen LogP contribution in [0.25, 0.3) is 0 Å². The fourth-order valence-corrected chi connectivity index (χ4v) is 1.77. The second-order valence-corrected chi connectivity index (χ2v) is 4.33. The van der Waals surface area contributed by atoms with E-state index in [0.717, 1.165) is 17.8 Å². The van der Waals surface area contributed by atoms with Crippen molar-refractivity contribution in [1.82, 2.24) is 4.98 Å². The van der Waals surface area contributed by atoms with Crippen LogP contribution in [0.3, 0.4) is 0 Å². The molecule has 0 aliphatic carbocycles. The minimum atomic E-state index is -1.39. The minimum Gasteiger partial charge on any atom is -0.478 e. The van der Waals surface area contributed by atoms with Gasteiger partial charge < -0.3 is 10.4 Å². The van der Waals surface area contributed by atoms with Gasteiger partial charge in [-0.1, -0.05) is 0 Å². The molecular formula is C14H12F2N2O2. The van der Waals surface area contributed by atoms with Gasteiger partial charge in [0.25, 0.3) is 0 Å². The molecule has 1 aromatic heterocycles. The summed E-state index contributed by atoms with van der Waals surface area (Å²) in [5, 5.41) is 11.3. The first-order chi connectivity index (χ1) is 9.38. The number of aryl methyl sites for hydroxylation is 2. The minimum absolute atomic E-state index is 0.399. The molecule has 4 nitrogen and oxygen atoms in total. The highest BCUT2D eigenvalue weighted by Crippen LogP contribution is 2.26. The van der Waals surface area contributed by atoms with Crippen LogP contribution in [0.1, 0.15) is 21.7 Å². The zero-order chi connectivity index (χ0) is 14.9. The van der Waals surface area contributed by atoms with Gasteiger partial charge in [0.05, 0.1) is 16.9 Å².